The Morgan fingerprint density at radius 3 is 1.39 bits per heavy atom. The van der Waals surface area contributed by atoms with Crippen molar-refractivity contribution >= 4 is 29.7 Å². The number of carbonyl (C=O) groups excluding carboxylic acids is 1. The Morgan fingerprint density at radius 2 is 1.11 bits per heavy atom. The van der Waals surface area contributed by atoms with Crippen LogP contribution in [0.15, 0.2) is 46.2 Å². The summed E-state index contributed by atoms with van der Waals surface area (Å²) in [4.78, 5) is 11.7. The molecular weight excluding hydrogens is 430 g/mol. The van der Waals surface area contributed by atoms with Crippen molar-refractivity contribution in [3.63, 3.8) is 0 Å². The Morgan fingerprint density at radius 1 is 0.750 bits per heavy atom. The van der Waals surface area contributed by atoms with Crippen LogP contribution < -0.4 is 9.47 Å². The molecule has 3 nitrogen and oxygen atoms in total. The van der Waals surface area contributed by atoms with Gasteiger partial charge in [0.15, 0.2) is 0 Å². The molecule has 28 heavy (non-hydrogen) atoms. The highest BCUT2D eigenvalue weighted by Crippen LogP contribution is 2.40. The maximum atomic E-state index is 12.4. The van der Waals surface area contributed by atoms with Crippen LogP contribution in [0.2, 0.25) is 0 Å². The molecule has 0 spiro atoms. The first-order valence-corrected chi connectivity index (χ1v) is 9.08. The van der Waals surface area contributed by atoms with Crippen molar-refractivity contribution < 1.29 is 40.6 Å². The van der Waals surface area contributed by atoms with Crippen LogP contribution in [0.25, 0.3) is 0 Å². The average molecular weight is 442 g/mol. The molecular formula is C17H12F6O3S2. The minimum Gasteiger partial charge on any atom is -0.395 e. The van der Waals surface area contributed by atoms with E-state index in [1.54, 1.807) is 0 Å². The van der Waals surface area contributed by atoms with Gasteiger partial charge in [0.1, 0.15) is 11.5 Å². The molecule has 0 aromatic heterocycles. The van der Waals surface area contributed by atoms with Crippen molar-refractivity contribution in [3.05, 3.63) is 47.5 Å². The van der Waals surface area contributed by atoms with Gasteiger partial charge in [0, 0.05) is 9.79 Å². The fourth-order valence-corrected chi connectivity index (χ4v) is 3.27. The number of halogens is 6. The van der Waals surface area contributed by atoms with E-state index in [1.165, 1.54) is 38.1 Å². The van der Waals surface area contributed by atoms with Gasteiger partial charge < -0.3 is 9.47 Å². The molecule has 2 rings (SSSR count). The zero-order valence-corrected chi connectivity index (χ0v) is 15.9. The molecule has 0 bridgehead atoms. The molecule has 0 fully saturated rings. The average Bonchev–Trinajstić information content (AvgIpc) is 2.50. The van der Waals surface area contributed by atoms with Crippen LogP contribution >= 0.6 is 23.5 Å². The zero-order chi connectivity index (χ0) is 21.1. The first-order chi connectivity index (χ1) is 12.8. The van der Waals surface area contributed by atoms with Crippen molar-refractivity contribution in [1.29, 1.82) is 0 Å². The third-order valence-corrected chi connectivity index (χ3v) is 4.97. The standard InChI is InChI=1S/C17H12F6O3S2/c1-9-7-11(3-5-13(9)27-16(18,19)20)25-15(24)26-12-4-6-14(10(2)8-12)28-17(21,22)23/h3-8H,1-2H3. The van der Waals surface area contributed by atoms with E-state index in [2.05, 4.69) is 0 Å². The second-order valence-corrected chi connectivity index (χ2v) is 7.62. The molecule has 0 atom stereocenters. The summed E-state index contributed by atoms with van der Waals surface area (Å²) in [6, 6.07) is 7.15. The van der Waals surface area contributed by atoms with Crippen molar-refractivity contribution in [2.24, 2.45) is 0 Å². The molecule has 0 aliphatic carbocycles. The molecule has 0 saturated carbocycles. The number of ether oxygens (including phenoxy) is 2. The molecule has 152 valence electrons. The van der Waals surface area contributed by atoms with Crippen LogP contribution in [0.5, 0.6) is 11.5 Å². The topological polar surface area (TPSA) is 35.5 Å². The number of alkyl halides is 6. The van der Waals surface area contributed by atoms with Gasteiger partial charge >= 0.3 is 17.2 Å². The molecule has 2 aromatic rings. The summed E-state index contributed by atoms with van der Waals surface area (Å²) in [7, 11) is 0. The first kappa shape index (κ1) is 22.3. The Balaban J connectivity index is 2.02. The van der Waals surface area contributed by atoms with Crippen LogP contribution in [-0.4, -0.2) is 17.2 Å². The number of benzene rings is 2. The lowest BCUT2D eigenvalue weighted by Crippen LogP contribution is -2.14. The number of rotatable bonds is 4. The molecule has 0 saturated heterocycles. The van der Waals surface area contributed by atoms with Gasteiger partial charge in [-0.3, -0.25) is 0 Å². The van der Waals surface area contributed by atoms with Crippen molar-refractivity contribution in [1.82, 2.24) is 0 Å². The summed E-state index contributed by atoms with van der Waals surface area (Å²) in [5.41, 5.74) is -8.39. The highest BCUT2D eigenvalue weighted by molar-refractivity contribution is 8.00. The number of thioether (sulfide) groups is 2. The normalized spacial score (nSPS) is 12.0. The SMILES string of the molecule is Cc1cc(OC(=O)Oc2ccc(SC(F)(F)F)c(C)c2)ccc1SC(F)(F)F. The number of hydrogen-bond donors (Lipinski definition) is 0. The highest BCUT2D eigenvalue weighted by Gasteiger charge is 2.31. The molecule has 0 unspecified atom stereocenters. The van der Waals surface area contributed by atoms with E-state index in [9.17, 15) is 31.1 Å². The lowest BCUT2D eigenvalue weighted by molar-refractivity contribution is -0.0337. The van der Waals surface area contributed by atoms with Crippen molar-refractivity contribution in [2.75, 3.05) is 0 Å². The third-order valence-electron chi connectivity index (χ3n) is 3.15. The monoisotopic (exact) mass is 442 g/mol. The van der Waals surface area contributed by atoms with Gasteiger partial charge in [-0.2, -0.15) is 26.3 Å². The predicted molar refractivity (Wildman–Crippen MR) is 92.8 cm³/mol. The lowest BCUT2D eigenvalue weighted by atomic mass is 10.2. The molecule has 11 heteroatoms. The Labute approximate surface area is 164 Å². The van der Waals surface area contributed by atoms with Gasteiger partial charge in [0.25, 0.3) is 0 Å². The molecule has 2 aromatic carbocycles. The third kappa shape index (κ3) is 7.19. The van der Waals surface area contributed by atoms with Crippen molar-refractivity contribution in [2.45, 2.75) is 34.7 Å². The largest absolute Gasteiger partial charge is 0.519 e. The quantitative estimate of drug-likeness (QED) is 0.218. The van der Waals surface area contributed by atoms with Gasteiger partial charge in [-0.05, 0) is 84.9 Å². The van der Waals surface area contributed by atoms with Crippen LogP contribution in [0.1, 0.15) is 11.1 Å². The highest BCUT2D eigenvalue weighted by atomic mass is 32.2. The summed E-state index contributed by atoms with van der Waals surface area (Å²) in [6.07, 6.45) is -1.17. The summed E-state index contributed by atoms with van der Waals surface area (Å²) in [5, 5.41) is 0. The maximum Gasteiger partial charge on any atom is 0.519 e. The van der Waals surface area contributed by atoms with Gasteiger partial charge in [0.2, 0.25) is 0 Å². The van der Waals surface area contributed by atoms with Crippen LogP contribution in [0.4, 0.5) is 31.1 Å². The van der Waals surface area contributed by atoms with E-state index in [-0.39, 0.29) is 55.9 Å². The lowest BCUT2D eigenvalue weighted by Gasteiger charge is -2.12. The summed E-state index contributed by atoms with van der Waals surface area (Å²) < 4.78 is 84.3. The van der Waals surface area contributed by atoms with Gasteiger partial charge in [-0.25, -0.2) is 4.79 Å². The fraction of sp³-hybridized carbons (Fsp3) is 0.235. The molecule has 0 amide bonds. The summed E-state index contributed by atoms with van der Waals surface area (Å²) in [6.45, 7) is 2.85. The Hall–Kier alpha value is -2.01. The summed E-state index contributed by atoms with van der Waals surface area (Å²) in [5.74, 6) is -0.0648. The molecule has 0 N–H and O–H groups in total. The fourth-order valence-electron chi connectivity index (χ4n) is 2.06. The van der Waals surface area contributed by atoms with E-state index < -0.39 is 17.2 Å². The van der Waals surface area contributed by atoms with E-state index >= 15 is 0 Å². The predicted octanol–water partition coefficient (Wildman–Crippen LogP) is 7.11. The minimum absolute atomic E-state index is 0.0324. The number of carbonyl (C=O) groups is 1. The number of aryl methyl sites for hydroxylation is 2. The Kier molecular flexibility index (Phi) is 6.81. The maximum absolute atomic E-state index is 12.4. The molecule has 0 radical (unpaired) electrons. The minimum atomic E-state index is -4.44. The van der Waals surface area contributed by atoms with E-state index in [4.69, 9.17) is 9.47 Å². The number of hydrogen-bond acceptors (Lipinski definition) is 5. The van der Waals surface area contributed by atoms with Crippen LogP contribution in [0, 0.1) is 13.8 Å². The second kappa shape index (κ2) is 8.56. The second-order valence-electron chi connectivity index (χ2n) is 5.40. The van der Waals surface area contributed by atoms with E-state index in [0.29, 0.717) is 0 Å². The van der Waals surface area contributed by atoms with E-state index in [0.717, 1.165) is 12.1 Å². The molecule has 0 aliphatic heterocycles. The van der Waals surface area contributed by atoms with Gasteiger partial charge in [-0.15, -0.1) is 0 Å². The summed E-state index contributed by atoms with van der Waals surface area (Å²) >= 11 is -0.579. The Bertz CT molecular complexity index is 795. The van der Waals surface area contributed by atoms with Crippen LogP contribution in [-0.2, 0) is 0 Å². The first-order valence-electron chi connectivity index (χ1n) is 7.45. The van der Waals surface area contributed by atoms with Gasteiger partial charge in [0.05, 0.1) is 0 Å². The van der Waals surface area contributed by atoms with Crippen LogP contribution in [0.3, 0.4) is 0 Å². The zero-order valence-electron chi connectivity index (χ0n) is 14.3. The smallest absolute Gasteiger partial charge is 0.395 e. The van der Waals surface area contributed by atoms with Gasteiger partial charge in [-0.1, -0.05) is 0 Å². The van der Waals surface area contributed by atoms with E-state index in [1.807, 2.05) is 0 Å². The molecule has 0 heterocycles. The van der Waals surface area contributed by atoms with Crippen molar-refractivity contribution in [3.8, 4) is 11.5 Å². The molecule has 0 aliphatic rings.